The first-order chi connectivity index (χ1) is 9.43. The van der Waals surface area contributed by atoms with Crippen molar-refractivity contribution >= 4 is 17.7 Å². The molecule has 1 unspecified atom stereocenters. The highest BCUT2D eigenvalue weighted by Crippen LogP contribution is 2.14. The molecule has 1 atom stereocenters. The number of anilines is 1. The summed E-state index contributed by atoms with van der Waals surface area (Å²) in [6, 6.07) is 2.89. The molecule has 0 spiro atoms. The van der Waals surface area contributed by atoms with E-state index in [-0.39, 0.29) is 11.6 Å². The molecule has 2 amide bonds. The standard InChI is InChI=1S/C13H17FN2O4/c1-8(7-20-2)6-15-13(19)16-9-3-4-10(12(17)18)11(14)5-9/h3-5,8H,6-7H2,1-2H3,(H,17,18)(H2,15,16,19). The summed E-state index contributed by atoms with van der Waals surface area (Å²) in [4.78, 5) is 22.2. The first-order valence-electron chi connectivity index (χ1n) is 6.00. The lowest BCUT2D eigenvalue weighted by atomic mass is 10.2. The number of carboxylic acid groups (broad SMARTS) is 1. The quantitative estimate of drug-likeness (QED) is 0.744. The molecule has 3 N–H and O–H groups in total. The number of amides is 2. The number of nitrogens with one attached hydrogen (secondary N) is 2. The van der Waals surface area contributed by atoms with Crippen LogP contribution in [0.15, 0.2) is 18.2 Å². The van der Waals surface area contributed by atoms with Crippen molar-refractivity contribution in [2.45, 2.75) is 6.92 Å². The summed E-state index contributed by atoms with van der Waals surface area (Å²) in [5, 5.41) is 13.7. The highest BCUT2D eigenvalue weighted by atomic mass is 19.1. The second-order valence-electron chi connectivity index (χ2n) is 4.40. The van der Waals surface area contributed by atoms with Crippen molar-refractivity contribution < 1.29 is 23.8 Å². The topological polar surface area (TPSA) is 87.7 Å². The molecule has 0 heterocycles. The van der Waals surface area contributed by atoms with Crippen LogP contribution < -0.4 is 10.6 Å². The van der Waals surface area contributed by atoms with Gasteiger partial charge in [0.15, 0.2) is 0 Å². The molecule has 20 heavy (non-hydrogen) atoms. The molecule has 6 nitrogen and oxygen atoms in total. The highest BCUT2D eigenvalue weighted by molar-refractivity contribution is 5.91. The van der Waals surface area contributed by atoms with Gasteiger partial charge in [-0.2, -0.15) is 0 Å². The van der Waals surface area contributed by atoms with E-state index in [4.69, 9.17) is 9.84 Å². The Morgan fingerprint density at radius 2 is 2.15 bits per heavy atom. The van der Waals surface area contributed by atoms with Gasteiger partial charge in [0.05, 0.1) is 12.2 Å². The zero-order valence-electron chi connectivity index (χ0n) is 11.3. The van der Waals surface area contributed by atoms with Crippen LogP contribution in [-0.4, -0.2) is 37.4 Å². The van der Waals surface area contributed by atoms with Crippen LogP contribution in [-0.2, 0) is 4.74 Å². The Balaban J connectivity index is 2.54. The molecular formula is C13H17FN2O4. The van der Waals surface area contributed by atoms with E-state index in [0.717, 1.165) is 12.1 Å². The van der Waals surface area contributed by atoms with E-state index >= 15 is 0 Å². The van der Waals surface area contributed by atoms with Gasteiger partial charge in [0.1, 0.15) is 5.82 Å². The maximum atomic E-state index is 13.4. The number of hydrogen-bond donors (Lipinski definition) is 3. The largest absolute Gasteiger partial charge is 0.478 e. The maximum Gasteiger partial charge on any atom is 0.338 e. The first kappa shape index (κ1) is 15.9. The van der Waals surface area contributed by atoms with Crippen molar-refractivity contribution in [1.29, 1.82) is 0 Å². The first-order valence-corrected chi connectivity index (χ1v) is 6.00. The molecule has 7 heteroatoms. The minimum absolute atomic E-state index is 0.150. The van der Waals surface area contributed by atoms with Crippen LogP contribution in [0.2, 0.25) is 0 Å². The van der Waals surface area contributed by atoms with E-state index in [1.54, 1.807) is 7.11 Å². The molecule has 110 valence electrons. The third kappa shape index (κ3) is 4.85. The number of halogens is 1. The Labute approximate surface area is 115 Å². The Kier molecular flexibility index (Phi) is 5.92. The Morgan fingerprint density at radius 3 is 2.70 bits per heavy atom. The van der Waals surface area contributed by atoms with Crippen LogP contribution in [0.3, 0.4) is 0 Å². The lowest BCUT2D eigenvalue weighted by Crippen LogP contribution is -2.33. The van der Waals surface area contributed by atoms with E-state index in [2.05, 4.69) is 10.6 Å². The van der Waals surface area contributed by atoms with Gasteiger partial charge in [-0.3, -0.25) is 0 Å². The fourth-order valence-corrected chi connectivity index (χ4v) is 1.55. The SMILES string of the molecule is COCC(C)CNC(=O)Nc1ccc(C(=O)O)c(F)c1. The van der Waals surface area contributed by atoms with Gasteiger partial charge in [-0.15, -0.1) is 0 Å². The number of urea groups is 1. The van der Waals surface area contributed by atoms with Gasteiger partial charge in [-0.1, -0.05) is 6.92 Å². The average Bonchev–Trinajstić information content (AvgIpc) is 2.36. The predicted octanol–water partition coefficient (Wildman–Crippen LogP) is 1.93. The third-order valence-electron chi connectivity index (χ3n) is 2.52. The normalized spacial score (nSPS) is 11.8. The number of ether oxygens (including phenoxy) is 1. The summed E-state index contributed by atoms with van der Waals surface area (Å²) in [6.45, 7) is 2.84. The lowest BCUT2D eigenvalue weighted by molar-refractivity contribution is 0.0692. The molecule has 0 fully saturated rings. The number of rotatable bonds is 6. The third-order valence-corrected chi connectivity index (χ3v) is 2.52. The number of hydrogen-bond acceptors (Lipinski definition) is 3. The molecule has 0 saturated carbocycles. The molecule has 0 aliphatic carbocycles. The van der Waals surface area contributed by atoms with Crippen LogP contribution in [0.25, 0.3) is 0 Å². The van der Waals surface area contributed by atoms with Gasteiger partial charge >= 0.3 is 12.0 Å². The second-order valence-corrected chi connectivity index (χ2v) is 4.40. The van der Waals surface area contributed by atoms with Gasteiger partial charge in [-0.25, -0.2) is 14.0 Å². The zero-order chi connectivity index (χ0) is 15.1. The number of aromatic carboxylic acids is 1. The van der Waals surface area contributed by atoms with E-state index in [1.165, 1.54) is 6.07 Å². The minimum atomic E-state index is -1.35. The van der Waals surface area contributed by atoms with E-state index in [1.807, 2.05) is 6.92 Å². The molecule has 0 radical (unpaired) electrons. The fraction of sp³-hybridized carbons (Fsp3) is 0.385. The Hall–Kier alpha value is -2.15. The van der Waals surface area contributed by atoms with Crippen molar-refractivity contribution in [3.63, 3.8) is 0 Å². The molecule has 1 aromatic carbocycles. The van der Waals surface area contributed by atoms with Gasteiger partial charge in [0.2, 0.25) is 0 Å². The van der Waals surface area contributed by atoms with Gasteiger partial charge in [0.25, 0.3) is 0 Å². The van der Waals surface area contributed by atoms with Gasteiger partial charge in [0, 0.05) is 19.3 Å². The second kappa shape index (κ2) is 7.44. The highest BCUT2D eigenvalue weighted by Gasteiger charge is 2.11. The van der Waals surface area contributed by atoms with Crippen molar-refractivity contribution in [3.8, 4) is 0 Å². The Bertz CT molecular complexity index is 493. The predicted molar refractivity (Wildman–Crippen MR) is 71.4 cm³/mol. The number of carbonyl (C=O) groups excluding carboxylic acids is 1. The lowest BCUT2D eigenvalue weighted by Gasteiger charge is -2.12. The van der Waals surface area contributed by atoms with Crippen LogP contribution in [0.1, 0.15) is 17.3 Å². The summed E-state index contributed by atoms with van der Waals surface area (Å²) >= 11 is 0. The number of carboxylic acids is 1. The van der Waals surface area contributed by atoms with Crippen molar-refractivity contribution in [1.82, 2.24) is 5.32 Å². The van der Waals surface area contributed by atoms with Gasteiger partial charge < -0.3 is 20.5 Å². The smallest absolute Gasteiger partial charge is 0.338 e. The van der Waals surface area contributed by atoms with Crippen molar-refractivity contribution in [3.05, 3.63) is 29.6 Å². The molecule has 0 bridgehead atoms. The fourth-order valence-electron chi connectivity index (χ4n) is 1.55. The van der Waals surface area contributed by atoms with Crippen LogP contribution in [0, 0.1) is 11.7 Å². The summed E-state index contributed by atoms with van der Waals surface area (Å²) in [6.07, 6.45) is 0. The summed E-state index contributed by atoms with van der Waals surface area (Å²) in [5.74, 6) is -2.10. The number of carbonyl (C=O) groups is 2. The molecule has 1 aromatic rings. The van der Waals surface area contributed by atoms with Gasteiger partial charge in [-0.05, 0) is 24.1 Å². The molecule has 1 rings (SSSR count). The summed E-state index contributed by atoms with van der Waals surface area (Å²) in [7, 11) is 1.57. The summed E-state index contributed by atoms with van der Waals surface area (Å²) < 4.78 is 18.3. The van der Waals surface area contributed by atoms with E-state index < -0.39 is 23.4 Å². The molecule has 0 aromatic heterocycles. The number of methoxy groups -OCH3 is 1. The number of benzene rings is 1. The van der Waals surface area contributed by atoms with E-state index in [9.17, 15) is 14.0 Å². The Morgan fingerprint density at radius 1 is 1.45 bits per heavy atom. The molecule has 0 aliphatic rings. The molecule has 0 saturated heterocycles. The monoisotopic (exact) mass is 284 g/mol. The van der Waals surface area contributed by atoms with Crippen LogP contribution in [0.5, 0.6) is 0 Å². The van der Waals surface area contributed by atoms with Crippen molar-refractivity contribution in [2.75, 3.05) is 25.6 Å². The molecule has 0 aliphatic heterocycles. The minimum Gasteiger partial charge on any atom is -0.478 e. The molecular weight excluding hydrogens is 267 g/mol. The van der Waals surface area contributed by atoms with Crippen LogP contribution in [0.4, 0.5) is 14.9 Å². The maximum absolute atomic E-state index is 13.4. The zero-order valence-corrected chi connectivity index (χ0v) is 11.3. The summed E-state index contributed by atoms with van der Waals surface area (Å²) in [5.41, 5.74) is -0.255. The average molecular weight is 284 g/mol. The van der Waals surface area contributed by atoms with Crippen LogP contribution >= 0.6 is 0 Å². The van der Waals surface area contributed by atoms with Crippen molar-refractivity contribution in [2.24, 2.45) is 5.92 Å². The van der Waals surface area contributed by atoms with E-state index in [0.29, 0.717) is 13.2 Å².